The monoisotopic (exact) mass is 779 g/mol. The van der Waals surface area contributed by atoms with Gasteiger partial charge >= 0.3 is 12.3 Å². The number of carbonyl (C=O) groups is 4. The zero-order chi connectivity index (χ0) is 38.5. The number of hydrogen-bond acceptors (Lipinski definition) is 9. The molecule has 2 aromatic rings. The molecule has 0 saturated heterocycles. The van der Waals surface area contributed by atoms with E-state index in [2.05, 4.69) is 20.3 Å². The van der Waals surface area contributed by atoms with Crippen molar-refractivity contribution in [3.8, 4) is 10.6 Å². The minimum absolute atomic E-state index is 0.0515. The molecule has 288 valence electrons. The van der Waals surface area contributed by atoms with Crippen LogP contribution in [0.2, 0.25) is 0 Å². The van der Waals surface area contributed by atoms with E-state index >= 15 is 0 Å². The van der Waals surface area contributed by atoms with E-state index in [9.17, 15) is 40.8 Å². The summed E-state index contributed by atoms with van der Waals surface area (Å²) in [5.74, 6) is -4.30. The largest absolute Gasteiger partial charge is 0.446 e. The maximum absolute atomic E-state index is 14.0. The van der Waals surface area contributed by atoms with Crippen LogP contribution in [0.1, 0.15) is 83.4 Å². The number of nitrogens with zero attached hydrogens (tertiary/aromatic N) is 2. The van der Waals surface area contributed by atoms with Crippen molar-refractivity contribution < 1.29 is 45.5 Å². The summed E-state index contributed by atoms with van der Waals surface area (Å²) >= 11 is 1.22. The molecule has 1 aromatic carbocycles. The highest BCUT2D eigenvalue weighted by molar-refractivity contribution is 7.91. The molecule has 1 aromatic heterocycles. The molecule has 3 saturated carbocycles. The van der Waals surface area contributed by atoms with E-state index in [0.29, 0.717) is 37.2 Å². The van der Waals surface area contributed by atoms with Gasteiger partial charge in [0.2, 0.25) is 21.8 Å². The Kier molecular flexibility index (Phi) is 10.5. The van der Waals surface area contributed by atoms with Crippen molar-refractivity contribution in [2.75, 3.05) is 18.9 Å². The van der Waals surface area contributed by atoms with Gasteiger partial charge in [0.25, 0.3) is 5.91 Å². The van der Waals surface area contributed by atoms with Crippen molar-refractivity contribution in [3.05, 3.63) is 47.0 Å². The van der Waals surface area contributed by atoms with Crippen LogP contribution in [-0.4, -0.2) is 72.6 Å². The van der Waals surface area contributed by atoms with Crippen LogP contribution in [0.3, 0.4) is 0 Å². The number of hydrogen-bond donors (Lipinski definition) is 3. The maximum atomic E-state index is 14.0. The highest BCUT2D eigenvalue weighted by Gasteiger charge is 2.62. The van der Waals surface area contributed by atoms with Gasteiger partial charge in [0, 0.05) is 35.9 Å². The lowest BCUT2D eigenvalue weighted by Crippen LogP contribution is -2.54. The van der Waals surface area contributed by atoms with Gasteiger partial charge in [-0.25, -0.2) is 18.2 Å². The first kappa shape index (κ1) is 38.7. The fourth-order valence-corrected chi connectivity index (χ4v) is 9.38. The molecule has 1 aliphatic heterocycles. The van der Waals surface area contributed by atoms with Gasteiger partial charge < -0.3 is 15.0 Å². The first-order chi connectivity index (χ1) is 24.8. The molecule has 0 unspecified atom stereocenters. The highest BCUT2D eigenvalue weighted by atomic mass is 32.2. The zero-order valence-electron chi connectivity index (χ0n) is 29.9. The number of benzene rings is 1. The number of halogens is 3. The van der Waals surface area contributed by atoms with Crippen LogP contribution in [-0.2, 0) is 40.7 Å². The predicted molar refractivity (Wildman–Crippen MR) is 191 cm³/mol. The van der Waals surface area contributed by atoms with E-state index in [0.717, 1.165) is 24.2 Å². The van der Waals surface area contributed by atoms with Gasteiger partial charge in [0.15, 0.2) is 0 Å². The van der Waals surface area contributed by atoms with Crippen molar-refractivity contribution in [1.29, 1.82) is 0 Å². The number of thiazole rings is 1. The van der Waals surface area contributed by atoms with E-state index in [-0.39, 0.29) is 41.8 Å². The summed E-state index contributed by atoms with van der Waals surface area (Å²) in [7, 11) is -2.29. The van der Waals surface area contributed by atoms with E-state index in [1.165, 1.54) is 22.3 Å². The number of ether oxygens (including phenoxy) is 1. The van der Waals surface area contributed by atoms with Crippen molar-refractivity contribution >= 4 is 50.9 Å². The standard InChI is InChI=1S/C36H44F3N5O7S2/c1-34(2,3)28-19-52-30(41-28)24-13-10-20(36(37,38)39)15-27(24)40-33(48)51-22-16-25-26(17-22)31(46)44(4)14-8-6-5-7-9-21-18-35(21,42-29(25)45)32(47)43-53(49,50)23-11-12-23/h7,9-10,13,15,19,21-23,25-26H,5-6,8,11-12,14,16-18H2,1-4H3,(H,40,48)(H,42,45)(H,43,47)/t21-,22-,25-,26-,35-/m1/s1. The predicted octanol–water partition coefficient (Wildman–Crippen LogP) is 5.75. The summed E-state index contributed by atoms with van der Waals surface area (Å²) < 4.78 is 74.5. The molecular formula is C36H44F3N5O7S2. The Morgan fingerprint density at radius 2 is 1.81 bits per heavy atom. The average Bonchev–Trinajstić information content (AvgIpc) is 3.94. The van der Waals surface area contributed by atoms with E-state index < -0.39 is 74.3 Å². The van der Waals surface area contributed by atoms with Gasteiger partial charge in [-0.1, -0.05) is 32.9 Å². The fourth-order valence-electron chi connectivity index (χ4n) is 6.93. The summed E-state index contributed by atoms with van der Waals surface area (Å²) in [6, 6.07) is 2.96. The molecule has 0 bridgehead atoms. The minimum atomic E-state index is -4.70. The van der Waals surface area contributed by atoms with E-state index in [4.69, 9.17) is 4.74 Å². The third-order valence-electron chi connectivity index (χ3n) is 10.4. The van der Waals surface area contributed by atoms with Crippen LogP contribution in [0.5, 0.6) is 0 Å². The topological polar surface area (TPSA) is 164 Å². The third-order valence-corrected chi connectivity index (χ3v) is 13.1. The van der Waals surface area contributed by atoms with Crippen LogP contribution in [0, 0.1) is 17.8 Å². The summed E-state index contributed by atoms with van der Waals surface area (Å²) in [5.41, 5.74) is -2.04. The van der Waals surface area contributed by atoms with Gasteiger partial charge in [0.05, 0.1) is 34.0 Å². The lowest BCUT2D eigenvalue weighted by atomic mass is 9.93. The molecule has 4 amide bonds. The van der Waals surface area contributed by atoms with Crippen LogP contribution >= 0.6 is 11.3 Å². The van der Waals surface area contributed by atoms with Gasteiger partial charge in [-0.05, 0) is 69.6 Å². The van der Waals surface area contributed by atoms with E-state index in [1.54, 1.807) is 12.4 Å². The number of rotatable bonds is 6. The van der Waals surface area contributed by atoms with Crippen LogP contribution < -0.4 is 15.4 Å². The number of carbonyl (C=O) groups excluding carboxylic acids is 4. The van der Waals surface area contributed by atoms with Gasteiger partial charge in [-0.2, -0.15) is 13.2 Å². The number of allylic oxidation sites excluding steroid dienone is 1. The molecule has 3 N–H and O–H groups in total. The second kappa shape index (κ2) is 14.3. The van der Waals surface area contributed by atoms with Crippen LogP contribution in [0.15, 0.2) is 35.7 Å². The Labute approximate surface area is 310 Å². The molecular weight excluding hydrogens is 736 g/mol. The maximum Gasteiger partial charge on any atom is 0.416 e. The van der Waals surface area contributed by atoms with Crippen molar-refractivity contribution in [2.45, 2.75) is 101 Å². The lowest BCUT2D eigenvalue weighted by Gasteiger charge is -2.26. The zero-order valence-corrected chi connectivity index (χ0v) is 31.6. The Morgan fingerprint density at radius 1 is 1.09 bits per heavy atom. The Balaban J connectivity index is 1.23. The van der Waals surface area contributed by atoms with Gasteiger partial charge in [0.1, 0.15) is 16.7 Å². The number of aromatic nitrogens is 1. The second-order valence-electron chi connectivity index (χ2n) is 15.5. The normalized spacial score (nSPS) is 26.9. The number of sulfonamides is 1. The fraction of sp³-hybridized carbons (Fsp3) is 0.583. The Bertz CT molecular complexity index is 1920. The second-order valence-corrected chi connectivity index (χ2v) is 18.3. The Morgan fingerprint density at radius 3 is 2.47 bits per heavy atom. The summed E-state index contributed by atoms with van der Waals surface area (Å²) in [5, 5.41) is 6.76. The van der Waals surface area contributed by atoms with Gasteiger partial charge in [-0.3, -0.25) is 24.4 Å². The number of amides is 4. The SMILES string of the molecule is CN1CCCCC=C[C@@H]2C[C@@]2(C(=O)NS(=O)(=O)C2CC2)NC(=O)[C@@H]2C[C@@H](OC(=O)Nc3cc(C(F)(F)F)ccc3-c3nc(C(C)(C)C)cs3)C[C@H]2C1=O. The molecule has 5 atom stereocenters. The van der Waals surface area contributed by atoms with Crippen molar-refractivity contribution in [1.82, 2.24) is 19.9 Å². The van der Waals surface area contributed by atoms with E-state index in [1.807, 2.05) is 32.9 Å². The average molecular weight is 780 g/mol. The number of anilines is 1. The number of alkyl halides is 3. The lowest BCUT2D eigenvalue weighted by molar-refractivity contribution is -0.140. The first-order valence-corrected chi connectivity index (χ1v) is 20.2. The third kappa shape index (κ3) is 8.55. The molecule has 3 aliphatic carbocycles. The molecule has 0 spiro atoms. The quantitative estimate of drug-likeness (QED) is 0.312. The molecule has 17 heteroatoms. The first-order valence-electron chi connectivity index (χ1n) is 17.7. The van der Waals surface area contributed by atoms with Crippen LogP contribution in [0.25, 0.3) is 10.6 Å². The molecule has 3 fully saturated rings. The molecule has 4 aliphatic rings. The molecule has 2 heterocycles. The molecule has 0 radical (unpaired) electrons. The highest BCUT2D eigenvalue weighted by Crippen LogP contribution is 2.47. The number of fused-ring (bicyclic) bond motifs is 2. The smallest absolute Gasteiger partial charge is 0.416 e. The van der Waals surface area contributed by atoms with Crippen molar-refractivity contribution in [3.63, 3.8) is 0 Å². The molecule has 12 nitrogen and oxygen atoms in total. The summed E-state index contributed by atoms with van der Waals surface area (Å²) in [6.07, 6.45) is -0.0888. The number of nitrogens with one attached hydrogen (secondary N) is 3. The molecule has 6 rings (SSSR count). The molecule has 53 heavy (non-hydrogen) atoms. The van der Waals surface area contributed by atoms with Gasteiger partial charge in [-0.15, -0.1) is 11.3 Å². The van der Waals surface area contributed by atoms with Crippen molar-refractivity contribution in [2.24, 2.45) is 17.8 Å². The minimum Gasteiger partial charge on any atom is -0.446 e. The Hall–Kier alpha value is -3.99. The summed E-state index contributed by atoms with van der Waals surface area (Å²) in [6.45, 7) is 6.27. The summed E-state index contributed by atoms with van der Waals surface area (Å²) in [4.78, 5) is 60.7. The van der Waals surface area contributed by atoms with Crippen LogP contribution in [0.4, 0.5) is 23.7 Å².